The number of aryl methyl sites for hydroxylation is 4. The van der Waals surface area contributed by atoms with Crippen LogP contribution in [0.5, 0.6) is 0 Å². The van der Waals surface area contributed by atoms with Crippen LogP contribution >= 0.6 is 0 Å². The molecule has 0 saturated carbocycles. The molecule has 0 heterocycles. The lowest BCUT2D eigenvalue weighted by atomic mass is 10.0. The highest BCUT2D eigenvalue weighted by molar-refractivity contribution is 5.83. The van der Waals surface area contributed by atoms with Crippen LogP contribution in [0.2, 0.25) is 0 Å². The van der Waals surface area contributed by atoms with Crippen LogP contribution in [0, 0.1) is 27.7 Å². The van der Waals surface area contributed by atoms with Crippen LogP contribution in [-0.4, -0.2) is 0 Å². The van der Waals surface area contributed by atoms with E-state index in [9.17, 15) is 0 Å². The van der Waals surface area contributed by atoms with E-state index in [2.05, 4.69) is 268 Å². The molecule has 0 aliphatic carbocycles. The maximum Gasteiger partial charge on any atom is 0.0490 e. The number of anilines is 6. The lowest BCUT2D eigenvalue weighted by Gasteiger charge is -2.28. The number of hydrogen-bond donors (Lipinski definition) is 0. The van der Waals surface area contributed by atoms with Crippen LogP contribution in [0.15, 0.2) is 218 Å². The summed E-state index contributed by atoms with van der Waals surface area (Å²) in [6, 6.07) is 69.6. The molecule has 8 rings (SSSR count). The highest BCUT2D eigenvalue weighted by Crippen LogP contribution is 2.40. The van der Waals surface area contributed by atoms with Gasteiger partial charge in [0.25, 0.3) is 0 Å². The zero-order valence-corrected chi connectivity index (χ0v) is 36.0. The van der Waals surface area contributed by atoms with Crippen molar-refractivity contribution in [2.45, 2.75) is 27.7 Å². The Morgan fingerprint density at radius 2 is 0.581 bits per heavy atom. The fourth-order valence-corrected chi connectivity index (χ4v) is 7.84. The molecule has 8 aromatic rings. The average molecular weight is 801 g/mol. The second-order valence-electron chi connectivity index (χ2n) is 15.8. The SMILES string of the molecule is Cc1ccc(N(c2ccc(/C=C/C=C/c3ccccc3)cc2)c2ccc(-c3ccc(N(c4ccc(/C=C/C=C/c5ccccc5)cc4)c4ccc(C)cc4C)cc3)cc2)c(C)c1. The Hall–Kier alpha value is -7.68. The number of nitrogens with zero attached hydrogens (tertiary/aromatic N) is 2. The number of hydrogen-bond acceptors (Lipinski definition) is 2. The summed E-state index contributed by atoms with van der Waals surface area (Å²) in [6.07, 6.45) is 16.9. The summed E-state index contributed by atoms with van der Waals surface area (Å²) in [6.45, 7) is 8.69. The van der Waals surface area contributed by atoms with E-state index in [4.69, 9.17) is 0 Å². The Morgan fingerprint density at radius 3 is 0.887 bits per heavy atom. The molecule has 0 aromatic heterocycles. The predicted octanol–water partition coefficient (Wildman–Crippen LogP) is 17.0. The summed E-state index contributed by atoms with van der Waals surface area (Å²) >= 11 is 0. The van der Waals surface area contributed by atoms with Gasteiger partial charge in [0.05, 0.1) is 0 Å². The summed E-state index contributed by atoms with van der Waals surface area (Å²) in [5.74, 6) is 0. The largest absolute Gasteiger partial charge is 0.310 e. The molecule has 302 valence electrons. The molecule has 2 nitrogen and oxygen atoms in total. The van der Waals surface area contributed by atoms with E-state index in [1.807, 2.05) is 12.1 Å². The van der Waals surface area contributed by atoms with Gasteiger partial charge in [-0.15, -0.1) is 0 Å². The molecule has 0 radical (unpaired) electrons. The maximum absolute atomic E-state index is 2.36. The smallest absolute Gasteiger partial charge is 0.0490 e. The van der Waals surface area contributed by atoms with E-state index in [1.54, 1.807) is 0 Å². The predicted molar refractivity (Wildman–Crippen MR) is 269 cm³/mol. The number of allylic oxidation sites excluding steroid dienone is 4. The van der Waals surface area contributed by atoms with Crippen LogP contribution in [0.4, 0.5) is 34.1 Å². The Kier molecular flexibility index (Phi) is 13.0. The van der Waals surface area contributed by atoms with Crippen molar-refractivity contribution in [3.05, 3.63) is 263 Å². The van der Waals surface area contributed by atoms with E-state index < -0.39 is 0 Å². The van der Waals surface area contributed by atoms with E-state index in [0.717, 1.165) is 45.3 Å². The second-order valence-corrected chi connectivity index (χ2v) is 15.8. The minimum atomic E-state index is 1.11. The number of rotatable bonds is 13. The van der Waals surface area contributed by atoms with Crippen molar-refractivity contribution in [1.82, 2.24) is 0 Å². The van der Waals surface area contributed by atoms with E-state index in [-0.39, 0.29) is 0 Å². The van der Waals surface area contributed by atoms with E-state index >= 15 is 0 Å². The molecule has 62 heavy (non-hydrogen) atoms. The minimum Gasteiger partial charge on any atom is -0.310 e. The monoisotopic (exact) mass is 800 g/mol. The molecule has 0 atom stereocenters. The second kappa shape index (κ2) is 19.6. The average Bonchev–Trinajstić information content (AvgIpc) is 3.30. The fraction of sp³-hybridized carbons (Fsp3) is 0.0667. The molecule has 0 unspecified atom stereocenters. The van der Waals surface area contributed by atoms with Gasteiger partial charge >= 0.3 is 0 Å². The molecule has 0 aliphatic rings. The van der Waals surface area contributed by atoms with Crippen molar-refractivity contribution >= 4 is 58.4 Å². The molecular formula is C60H52N2. The first-order valence-corrected chi connectivity index (χ1v) is 21.3. The Labute approximate surface area is 368 Å². The summed E-state index contributed by atoms with van der Waals surface area (Å²) < 4.78 is 0. The molecule has 0 aliphatic heterocycles. The first-order chi connectivity index (χ1) is 30.4. The van der Waals surface area contributed by atoms with Gasteiger partial charge in [-0.1, -0.05) is 193 Å². The standard InChI is InChI=1S/C60H52N2/c1-45-23-41-59(47(3)43-45)61(55-33-25-51(26-34-55)21-13-11-19-49-15-7-5-8-16-49)57-37-29-53(30-38-57)54-31-39-58(40-32-54)62(60-42-24-46(2)44-48(60)4)56-35-27-52(28-36-56)22-14-12-20-50-17-9-6-10-18-50/h5-44H,1-4H3/b19-11+,20-12+,21-13+,22-14+. The molecule has 0 fully saturated rings. The van der Waals surface area contributed by atoms with Crippen molar-refractivity contribution in [2.75, 3.05) is 9.80 Å². The fourth-order valence-electron chi connectivity index (χ4n) is 7.84. The van der Waals surface area contributed by atoms with Crippen LogP contribution in [0.3, 0.4) is 0 Å². The van der Waals surface area contributed by atoms with Crippen LogP contribution < -0.4 is 9.80 Å². The highest BCUT2D eigenvalue weighted by atomic mass is 15.1. The van der Waals surface area contributed by atoms with Gasteiger partial charge in [-0.05, 0) is 133 Å². The third-order valence-corrected chi connectivity index (χ3v) is 11.0. The molecular weight excluding hydrogens is 749 g/mol. The van der Waals surface area contributed by atoms with Crippen molar-refractivity contribution in [3.8, 4) is 11.1 Å². The van der Waals surface area contributed by atoms with E-state index in [0.29, 0.717) is 0 Å². The van der Waals surface area contributed by atoms with Gasteiger partial charge in [-0.3, -0.25) is 0 Å². The van der Waals surface area contributed by atoms with Gasteiger partial charge in [0, 0.05) is 34.1 Å². The van der Waals surface area contributed by atoms with Crippen molar-refractivity contribution in [1.29, 1.82) is 0 Å². The van der Waals surface area contributed by atoms with Crippen LogP contribution in [-0.2, 0) is 0 Å². The first-order valence-electron chi connectivity index (χ1n) is 21.3. The normalized spacial score (nSPS) is 11.6. The minimum absolute atomic E-state index is 1.11. The lowest BCUT2D eigenvalue weighted by molar-refractivity contribution is 1.23. The van der Waals surface area contributed by atoms with Gasteiger partial charge in [0.2, 0.25) is 0 Å². The Balaban J connectivity index is 1.04. The van der Waals surface area contributed by atoms with E-state index in [1.165, 1.54) is 44.5 Å². The van der Waals surface area contributed by atoms with Crippen molar-refractivity contribution in [3.63, 3.8) is 0 Å². The molecule has 0 amide bonds. The first kappa shape index (κ1) is 41.1. The molecule has 0 saturated heterocycles. The molecule has 0 spiro atoms. The highest BCUT2D eigenvalue weighted by Gasteiger charge is 2.17. The molecule has 0 bridgehead atoms. The van der Waals surface area contributed by atoms with Gasteiger partial charge in [0.1, 0.15) is 0 Å². The Bertz CT molecular complexity index is 2630. The summed E-state index contributed by atoms with van der Waals surface area (Å²) in [4.78, 5) is 4.71. The molecule has 0 N–H and O–H groups in total. The third-order valence-electron chi connectivity index (χ3n) is 11.0. The summed E-state index contributed by atoms with van der Waals surface area (Å²) in [5, 5.41) is 0. The number of benzene rings is 8. The van der Waals surface area contributed by atoms with Crippen LogP contribution in [0.1, 0.15) is 44.5 Å². The van der Waals surface area contributed by atoms with Gasteiger partial charge in [0.15, 0.2) is 0 Å². The maximum atomic E-state index is 2.36. The van der Waals surface area contributed by atoms with Crippen molar-refractivity contribution in [2.24, 2.45) is 0 Å². The zero-order valence-electron chi connectivity index (χ0n) is 36.0. The summed E-state index contributed by atoms with van der Waals surface area (Å²) in [7, 11) is 0. The lowest BCUT2D eigenvalue weighted by Crippen LogP contribution is -2.11. The third kappa shape index (κ3) is 10.2. The Morgan fingerprint density at radius 1 is 0.290 bits per heavy atom. The van der Waals surface area contributed by atoms with Crippen LogP contribution in [0.25, 0.3) is 35.4 Å². The molecule has 8 aromatic carbocycles. The topological polar surface area (TPSA) is 6.48 Å². The summed E-state index contributed by atoms with van der Waals surface area (Å²) in [5.41, 5.74) is 18.8. The van der Waals surface area contributed by atoms with Gasteiger partial charge in [-0.2, -0.15) is 0 Å². The molecule has 2 heteroatoms. The zero-order chi connectivity index (χ0) is 42.7. The quantitative estimate of drug-likeness (QED) is 0.107. The van der Waals surface area contributed by atoms with Crippen molar-refractivity contribution < 1.29 is 0 Å². The van der Waals surface area contributed by atoms with Gasteiger partial charge < -0.3 is 9.80 Å². The van der Waals surface area contributed by atoms with Gasteiger partial charge in [-0.25, -0.2) is 0 Å².